The van der Waals surface area contributed by atoms with E-state index in [1.54, 1.807) is 56.0 Å². The highest BCUT2D eigenvalue weighted by Gasteiger charge is 2.42. The first-order valence-corrected chi connectivity index (χ1v) is 20.8. The number of hydrogen-bond donors (Lipinski definition) is 0. The number of halogens is 3. The summed E-state index contributed by atoms with van der Waals surface area (Å²) < 4.78 is 65.0. The van der Waals surface area contributed by atoms with E-state index in [2.05, 4.69) is 69.0 Å². The Morgan fingerprint density at radius 3 is 2.29 bits per heavy atom. The third kappa shape index (κ3) is 8.38. The Labute approximate surface area is 322 Å². The molecule has 1 amide bonds. The number of hydrogen-bond acceptors (Lipinski definition) is 8. The summed E-state index contributed by atoms with van der Waals surface area (Å²) in [6.07, 6.45) is -1.72. The summed E-state index contributed by atoms with van der Waals surface area (Å²) in [4.78, 5) is 24.2. The number of carbonyl (C=O) groups excluding carboxylic acids is 1. The van der Waals surface area contributed by atoms with Crippen LogP contribution in [0.1, 0.15) is 74.3 Å². The number of fused-ring (bicyclic) bond motifs is 2. The van der Waals surface area contributed by atoms with Crippen LogP contribution >= 0.6 is 0 Å². The zero-order valence-electron chi connectivity index (χ0n) is 33.3. The first-order chi connectivity index (χ1) is 25.9. The van der Waals surface area contributed by atoms with E-state index in [1.165, 1.54) is 18.1 Å². The molecule has 0 aliphatic carbocycles. The van der Waals surface area contributed by atoms with Crippen molar-refractivity contribution in [2.75, 3.05) is 38.4 Å². The lowest BCUT2D eigenvalue weighted by molar-refractivity contribution is 0.0145. The van der Waals surface area contributed by atoms with Gasteiger partial charge in [0, 0.05) is 43.1 Å². The van der Waals surface area contributed by atoms with Crippen LogP contribution in [0.15, 0.2) is 36.4 Å². The first-order valence-electron chi connectivity index (χ1n) is 18.6. The number of carbonyl (C=O) groups is 1. The predicted octanol–water partition coefficient (Wildman–Crippen LogP) is 9.76. The van der Waals surface area contributed by atoms with Crippen molar-refractivity contribution >= 4 is 41.7 Å². The largest absolute Gasteiger partial charge is 0.468 e. The number of ether oxygens (including phenoxy) is 3. The van der Waals surface area contributed by atoms with Gasteiger partial charge < -0.3 is 24.0 Å². The Bertz CT molecular complexity index is 2170. The van der Waals surface area contributed by atoms with E-state index in [0.29, 0.717) is 38.7 Å². The van der Waals surface area contributed by atoms with Crippen LogP contribution in [0.4, 0.5) is 23.8 Å². The number of nitriles is 1. The van der Waals surface area contributed by atoms with Crippen LogP contribution in [0.2, 0.25) is 16.6 Å². The molecule has 1 aromatic heterocycles. The van der Waals surface area contributed by atoms with Crippen molar-refractivity contribution in [3.63, 3.8) is 0 Å². The van der Waals surface area contributed by atoms with E-state index >= 15 is 13.2 Å². The van der Waals surface area contributed by atoms with Crippen molar-refractivity contribution in [2.45, 2.75) is 97.0 Å². The third-order valence-electron chi connectivity index (χ3n) is 10.4. The van der Waals surface area contributed by atoms with E-state index < -0.39 is 43.5 Å². The molecule has 0 N–H and O–H groups in total. The van der Waals surface area contributed by atoms with E-state index in [-0.39, 0.29) is 60.7 Å². The Kier molecular flexibility index (Phi) is 12.4. The number of benzene rings is 3. The minimum atomic E-state index is -2.31. The van der Waals surface area contributed by atoms with Crippen molar-refractivity contribution in [3.8, 4) is 34.4 Å². The van der Waals surface area contributed by atoms with Gasteiger partial charge in [0.2, 0.25) is 0 Å². The maximum Gasteiger partial charge on any atom is 0.410 e. The summed E-state index contributed by atoms with van der Waals surface area (Å²) in [5, 5.41) is 10.8. The molecule has 0 unspecified atom stereocenters. The molecule has 3 aromatic carbocycles. The smallest absolute Gasteiger partial charge is 0.410 e. The maximum atomic E-state index is 17.1. The van der Waals surface area contributed by atoms with Gasteiger partial charge in [-0.1, -0.05) is 59.6 Å². The number of piperazine rings is 1. The van der Waals surface area contributed by atoms with Crippen molar-refractivity contribution in [3.05, 3.63) is 59.7 Å². The molecule has 0 saturated carbocycles. The topological polar surface area (TPSA) is 101 Å². The van der Waals surface area contributed by atoms with Crippen LogP contribution in [0.25, 0.3) is 32.8 Å². The van der Waals surface area contributed by atoms with Gasteiger partial charge in [0.15, 0.2) is 12.6 Å². The highest BCUT2D eigenvalue weighted by molar-refractivity contribution is 6.90. The number of anilines is 1. The molecule has 9 nitrogen and oxygen atoms in total. The van der Waals surface area contributed by atoms with Crippen molar-refractivity contribution in [2.24, 2.45) is 0 Å². The van der Waals surface area contributed by atoms with Crippen LogP contribution in [0.3, 0.4) is 0 Å². The summed E-state index contributed by atoms with van der Waals surface area (Å²) in [5.74, 6) is 2.36. The molecule has 1 aliphatic heterocycles. The van der Waals surface area contributed by atoms with Gasteiger partial charge in [-0.2, -0.15) is 19.6 Å². The summed E-state index contributed by atoms with van der Waals surface area (Å²) >= 11 is 0. The number of aromatic nitrogens is 2. The minimum absolute atomic E-state index is 0.00872. The lowest BCUT2D eigenvalue weighted by atomic mass is 9.93. The number of amides is 1. The van der Waals surface area contributed by atoms with Crippen LogP contribution in [0, 0.1) is 40.5 Å². The van der Waals surface area contributed by atoms with Gasteiger partial charge in [0.1, 0.15) is 36.6 Å². The lowest BCUT2D eigenvalue weighted by Crippen LogP contribution is -2.56. The Morgan fingerprint density at radius 2 is 1.67 bits per heavy atom. The van der Waals surface area contributed by atoms with E-state index in [9.17, 15) is 10.1 Å². The van der Waals surface area contributed by atoms with Crippen molar-refractivity contribution in [1.29, 1.82) is 5.26 Å². The SMILES string of the molecule is COCOc1cc(-c2ccc3c(N4CCN(C(=O)OC(C)(C)C)[C@@H](CC#N)C4)nc(F)nc3c2F)c2c(C#C[Si](C(C)C)(C(C)C)C(C)C)c(F)ccc2c1. The average molecular weight is 774 g/mol. The van der Waals surface area contributed by atoms with Crippen LogP contribution in [-0.4, -0.2) is 74.2 Å². The molecule has 4 aromatic rings. The molecular formula is C42H50F3N5O4Si. The first kappa shape index (κ1) is 41.3. The van der Waals surface area contributed by atoms with Crippen LogP contribution in [-0.2, 0) is 9.47 Å². The van der Waals surface area contributed by atoms with Crippen LogP contribution < -0.4 is 9.64 Å². The second kappa shape index (κ2) is 16.5. The molecule has 0 bridgehead atoms. The molecule has 5 rings (SSSR count). The standard InChI is InChI=1S/C42H50F3N5O4Si/c1-25(2)55(26(3)4,27(5)6)20-16-32-35(43)14-11-28-21-30(53-24-52-10)22-34(36(28)32)31-12-13-33-38(37(31)44)47-40(45)48-39(33)49-18-19-50(29(23-49)15-17-46)41(51)54-42(7,8)9/h11-14,21-22,25-27,29H,15,18-19,23-24H2,1-10H3/t29-/m0/s1. The summed E-state index contributed by atoms with van der Waals surface area (Å²) in [7, 11) is -0.827. The second-order valence-electron chi connectivity index (χ2n) is 16.0. The summed E-state index contributed by atoms with van der Waals surface area (Å²) in [5.41, 5.74) is 3.95. The fourth-order valence-electron chi connectivity index (χ4n) is 8.02. The quantitative estimate of drug-likeness (QED) is 0.0718. The molecular weight excluding hydrogens is 724 g/mol. The maximum absolute atomic E-state index is 17.1. The molecule has 1 saturated heterocycles. The zero-order valence-corrected chi connectivity index (χ0v) is 34.3. The van der Waals surface area contributed by atoms with Gasteiger partial charge in [0.25, 0.3) is 0 Å². The van der Waals surface area contributed by atoms with Gasteiger partial charge in [0.05, 0.1) is 24.1 Å². The van der Waals surface area contributed by atoms with Gasteiger partial charge in [-0.25, -0.2) is 13.6 Å². The molecule has 292 valence electrons. The van der Waals surface area contributed by atoms with Gasteiger partial charge >= 0.3 is 12.2 Å². The highest BCUT2D eigenvalue weighted by Crippen LogP contribution is 2.43. The van der Waals surface area contributed by atoms with Gasteiger partial charge in [-0.05, 0) is 72.6 Å². The second-order valence-corrected chi connectivity index (χ2v) is 21.5. The molecule has 2 heterocycles. The molecule has 1 fully saturated rings. The van der Waals surface area contributed by atoms with Crippen LogP contribution in [0.5, 0.6) is 5.75 Å². The summed E-state index contributed by atoms with van der Waals surface area (Å²) in [6, 6.07) is 11.0. The molecule has 1 aliphatic rings. The fourth-order valence-corrected chi connectivity index (χ4v) is 13.2. The predicted molar refractivity (Wildman–Crippen MR) is 212 cm³/mol. The summed E-state index contributed by atoms with van der Waals surface area (Å²) in [6.45, 7) is 18.8. The van der Waals surface area contributed by atoms with Gasteiger partial charge in [-0.3, -0.25) is 0 Å². The highest BCUT2D eigenvalue weighted by atomic mass is 28.3. The number of nitrogens with zero attached hydrogens (tertiary/aromatic N) is 5. The lowest BCUT2D eigenvalue weighted by Gasteiger charge is -2.41. The minimum Gasteiger partial charge on any atom is -0.468 e. The van der Waals surface area contributed by atoms with E-state index in [4.69, 9.17) is 14.2 Å². The number of rotatable bonds is 9. The molecule has 13 heteroatoms. The van der Waals surface area contributed by atoms with E-state index in [1.807, 2.05) is 0 Å². The van der Waals surface area contributed by atoms with Crippen molar-refractivity contribution in [1.82, 2.24) is 14.9 Å². The van der Waals surface area contributed by atoms with Gasteiger partial charge in [-0.15, -0.1) is 5.54 Å². The zero-order chi connectivity index (χ0) is 40.4. The monoisotopic (exact) mass is 773 g/mol. The number of methoxy groups -OCH3 is 1. The average Bonchev–Trinajstić information content (AvgIpc) is 3.10. The molecule has 1 atom stereocenters. The molecule has 0 radical (unpaired) electrons. The Morgan fingerprint density at radius 1 is 0.982 bits per heavy atom. The normalized spacial score (nSPS) is 15.1. The molecule has 55 heavy (non-hydrogen) atoms. The third-order valence-corrected chi connectivity index (χ3v) is 16.7. The Hall–Kier alpha value is -4.85. The van der Waals surface area contributed by atoms with Crippen molar-refractivity contribution < 1.29 is 32.2 Å². The Balaban J connectivity index is 1.70. The molecule has 0 spiro atoms. The van der Waals surface area contributed by atoms with E-state index in [0.717, 1.165) is 0 Å². The fraction of sp³-hybridized carbons (Fsp3) is 0.476.